The van der Waals surface area contributed by atoms with Crippen molar-refractivity contribution in [2.45, 2.75) is 31.0 Å². The van der Waals surface area contributed by atoms with Crippen LogP contribution in [0.15, 0.2) is 71.3 Å². The highest BCUT2D eigenvalue weighted by Crippen LogP contribution is 2.48. The van der Waals surface area contributed by atoms with E-state index in [1.165, 1.54) is 11.8 Å². The third kappa shape index (κ3) is 3.59. The van der Waals surface area contributed by atoms with Crippen molar-refractivity contribution in [3.05, 3.63) is 77.4 Å². The zero-order chi connectivity index (χ0) is 21.2. The number of carbonyl (C=O) groups excluding carboxylic acids is 1. The number of rotatable bonds is 6. The van der Waals surface area contributed by atoms with E-state index in [0.717, 1.165) is 44.7 Å². The SMILES string of the molecule is CCCn1nnnc1NC1C(C=O)=C(c2ccccc2)Sc2nc3ccccc3cc21. The van der Waals surface area contributed by atoms with Crippen molar-refractivity contribution < 1.29 is 4.79 Å². The molecule has 3 heterocycles. The maximum absolute atomic E-state index is 12.4. The van der Waals surface area contributed by atoms with E-state index in [0.29, 0.717) is 18.1 Å². The van der Waals surface area contributed by atoms with Gasteiger partial charge in [-0.25, -0.2) is 9.67 Å². The number of anilines is 1. The number of thioether (sulfide) groups is 1. The first kappa shape index (κ1) is 19.4. The molecule has 8 heteroatoms. The molecule has 0 aliphatic carbocycles. The number of aryl methyl sites for hydroxylation is 1. The molecule has 154 valence electrons. The molecule has 31 heavy (non-hydrogen) atoms. The van der Waals surface area contributed by atoms with Crippen molar-refractivity contribution in [2.75, 3.05) is 5.32 Å². The Kier molecular flexibility index (Phi) is 5.21. The number of hydrogen-bond donors (Lipinski definition) is 1. The quantitative estimate of drug-likeness (QED) is 0.453. The van der Waals surface area contributed by atoms with E-state index in [1.54, 1.807) is 4.68 Å². The number of para-hydroxylation sites is 1. The van der Waals surface area contributed by atoms with Gasteiger partial charge in [0.2, 0.25) is 5.95 Å². The van der Waals surface area contributed by atoms with Crippen LogP contribution in [0, 0.1) is 0 Å². The molecule has 1 aliphatic rings. The van der Waals surface area contributed by atoms with Gasteiger partial charge in [-0.3, -0.25) is 4.79 Å². The number of carbonyl (C=O) groups is 1. The molecule has 0 fully saturated rings. The lowest BCUT2D eigenvalue weighted by molar-refractivity contribution is -0.105. The molecule has 0 saturated heterocycles. The summed E-state index contributed by atoms with van der Waals surface area (Å²) >= 11 is 1.53. The summed E-state index contributed by atoms with van der Waals surface area (Å²) in [4.78, 5) is 18.2. The number of fused-ring (bicyclic) bond motifs is 2. The minimum absolute atomic E-state index is 0.414. The predicted molar refractivity (Wildman–Crippen MR) is 121 cm³/mol. The number of nitrogens with zero attached hydrogens (tertiary/aromatic N) is 5. The molecule has 1 aliphatic heterocycles. The number of hydrogen-bond acceptors (Lipinski definition) is 7. The van der Waals surface area contributed by atoms with Gasteiger partial charge >= 0.3 is 0 Å². The molecule has 0 radical (unpaired) electrons. The fraction of sp³-hybridized carbons (Fsp3) is 0.174. The highest BCUT2D eigenvalue weighted by Gasteiger charge is 2.32. The normalized spacial score (nSPS) is 15.7. The van der Waals surface area contributed by atoms with Crippen LogP contribution in [0.4, 0.5) is 5.95 Å². The van der Waals surface area contributed by atoms with Crippen LogP contribution in [0.25, 0.3) is 15.8 Å². The second-order valence-corrected chi connectivity index (χ2v) is 8.25. The summed E-state index contributed by atoms with van der Waals surface area (Å²) in [5.41, 5.74) is 3.49. The highest BCUT2D eigenvalue weighted by atomic mass is 32.2. The lowest BCUT2D eigenvalue weighted by Gasteiger charge is -2.28. The lowest BCUT2D eigenvalue weighted by atomic mass is 9.96. The summed E-state index contributed by atoms with van der Waals surface area (Å²) in [6.45, 7) is 2.75. The Labute approximate surface area is 183 Å². The van der Waals surface area contributed by atoms with Gasteiger partial charge in [-0.15, -0.1) is 0 Å². The smallest absolute Gasteiger partial charge is 0.243 e. The van der Waals surface area contributed by atoms with Gasteiger partial charge in [-0.2, -0.15) is 0 Å². The van der Waals surface area contributed by atoms with Crippen molar-refractivity contribution in [2.24, 2.45) is 0 Å². The molecule has 4 aromatic rings. The van der Waals surface area contributed by atoms with Crippen LogP contribution < -0.4 is 5.32 Å². The number of tetrazole rings is 1. The third-order valence-corrected chi connectivity index (χ3v) is 6.40. The van der Waals surface area contributed by atoms with E-state index in [-0.39, 0.29) is 0 Å². The molecule has 7 nitrogen and oxygen atoms in total. The van der Waals surface area contributed by atoms with Crippen molar-refractivity contribution >= 4 is 39.8 Å². The Balaban J connectivity index is 1.69. The number of benzene rings is 2. The number of nitrogens with one attached hydrogen (secondary N) is 1. The number of aldehydes is 1. The molecular weight excluding hydrogens is 408 g/mol. The average Bonchev–Trinajstić information content (AvgIpc) is 3.25. The molecule has 0 bridgehead atoms. The van der Waals surface area contributed by atoms with Crippen molar-refractivity contribution in [1.82, 2.24) is 25.2 Å². The van der Waals surface area contributed by atoms with Crippen LogP contribution in [0.3, 0.4) is 0 Å². The van der Waals surface area contributed by atoms with E-state index in [1.807, 2.05) is 54.6 Å². The van der Waals surface area contributed by atoms with Crippen LogP contribution in [0.1, 0.15) is 30.5 Å². The molecule has 1 atom stereocenters. The van der Waals surface area contributed by atoms with E-state index < -0.39 is 6.04 Å². The summed E-state index contributed by atoms with van der Waals surface area (Å²) in [6.07, 6.45) is 1.83. The molecule has 1 N–H and O–H groups in total. The van der Waals surface area contributed by atoms with Crippen LogP contribution >= 0.6 is 11.8 Å². The fourth-order valence-electron chi connectivity index (χ4n) is 3.75. The summed E-state index contributed by atoms with van der Waals surface area (Å²) < 4.78 is 1.72. The second kappa shape index (κ2) is 8.31. The summed E-state index contributed by atoms with van der Waals surface area (Å²) in [7, 11) is 0. The van der Waals surface area contributed by atoms with Crippen molar-refractivity contribution in [1.29, 1.82) is 0 Å². The maximum atomic E-state index is 12.4. The zero-order valence-corrected chi connectivity index (χ0v) is 17.7. The Bertz CT molecular complexity index is 1280. The summed E-state index contributed by atoms with van der Waals surface area (Å²) in [5.74, 6) is 0.532. The lowest BCUT2D eigenvalue weighted by Crippen LogP contribution is -2.22. The molecule has 0 spiro atoms. The average molecular weight is 429 g/mol. The predicted octanol–water partition coefficient (Wildman–Crippen LogP) is 4.50. The minimum atomic E-state index is -0.414. The Morgan fingerprint density at radius 2 is 1.94 bits per heavy atom. The standard InChI is InChI=1S/C23H20N6OS/c1-2-12-29-23(26-27-28-29)25-20-17-13-16-10-6-7-11-19(16)24-22(17)31-21(18(20)14-30)15-8-4-3-5-9-15/h3-11,13-14,20H,2,12H2,1H3,(H,25,26,28). The third-order valence-electron chi connectivity index (χ3n) is 5.20. The maximum Gasteiger partial charge on any atom is 0.243 e. The van der Waals surface area contributed by atoms with E-state index in [2.05, 4.69) is 33.8 Å². The van der Waals surface area contributed by atoms with Crippen molar-refractivity contribution in [3.8, 4) is 0 Å². The van der Waals surface area contributed by atoms with Gasteiger partial charge in [0.1, 0.15) is 11.3 Å². The van der Waals surface area contributed by atoms with Crippen LogP contribution in [0.5, 0.6) is 0 Å². The highest BCUT2D eigenvalue weighted by molar-refractivity contribution is 8.08. The van der Waals surface area contributed by atoms with Crippen LogP contribution in [-0.4, -0.2) is 31.5 Å². The first-order valence-corrected chi connectivity index (χ1v) is 10.9. The van der Waals surface area contributed by atoms with Gasteiger partial charge < -0.3 is 5.32 Å². The first-order chi connectivity index (χ1) is 15.3. The Morgan fingerprint density at radius 3 is 2.74 bits per heavy atom. The van der Waals surface area contributed by atoms with Gasteiger partial charge in [0.05, 0.1) is 11.6 Å². The number of pyridine rings is 1. The Morgan fingerprint density at radius 1 is 1.13 bits per heavy atom. The van der Waals surface area contributed by atoms with Crippen molar-refractivity contribution in [3.63, 3.8) is 0 Å². The Hall–Kier alpha value is -3.52. The molecule has 0 amide bonds. The molecule has 1 unspecified atom stereocenters. The van der Waals surface area contributed by atoms with Gasteiger partial charge in [0.25, 0.3) is 0 Å². The number of aromatic nitrogens is 5. The van der Waals surface area contributed by atoms with E-state index >= 15 is 0 Å². The van der Waals surface area contributed by atoms with Crippen LogP contribution in [0.2, 0.25) is 0 Å². The molecule has 5 rings (SSSR count). The molecule has 2 aromatic carbocycles. The van der Waals surface area contributed by atoms with Gasteiger partial charge in [-0.1, -0.05) is 72.3 Å². The topological polar surface area (TPSA) is 85.6 Å². The monoisotopic (exact) mass is 428 g/mol. The van der Waals surface area contributed by atoms with Gasteiger partial charge in [0, 0.05) is 28.0 Å². The second-order valence-electron chi connectivity index (χ2n) is 7.25. The van der Waals surface area contributed by atoms with E-state index in [9.17, 15) is 4.79 Å². The van der Waals surface area contributed by atoms with Gasteiger partial charge in [-0.05, 0) is 34.5 Å². The minimum Gasteiger partial charge on any atom is -0.342 e. The summed E-state index contributed by atoms with van der Waals surface area (Å²) in [5, 5.41) is 17.4. The first-order valence-electron chi connectivity index (χ1n) is 10.1. The molecule has 2 aromatic heterocycles. The fourth-order valence-corrected chi connectivity index (χ4v) is 4.92. The zero-order valence-electron chi connectivity index (χ0n) is 16.9. The van der Waals surface area contributed by atoms with E-state index in [4.69, 9.17) is 4.98 Å². The summed E-state index contributed by atoms with van der Waals surface area (Å²) in [6, 6.07) is 19.6. The molecule has 0 saturated carbocycles. The largest absolute Gasteiger partial charge is 0.342 e. The van der Waals surface area contributed by atoms with Gasteiger partial charge in [0.15, 0.2) is 0 Å². The van der Waals surface area contributed by atoms with Crippen LogP contribution in [-0.2, 0) is 11.3 Å². The molecular formula is C23H20N6OS.